The van der Waals surface area contributed by atoms with Gasteiger partial charge in [-0.1, -0.05) is 58.7 Å². The lowest BCUT2D eigenvalue weighted by molar-refractivity contribution is -0.117. The zero-order valence-corrected chi connectivity index (χ0v) is 10.0. The van der Waals surface area contributed by atoms with Crippen LogP contribution < -0.4 is 0 Å². The van der Waals surface area contributed by atoms with Crippen LogP contribution in [0.5, 0.6) is 0 Å². The molecule has 0 aromatic rings. The molecule has 0 saturated heterocycles. The number of thioether (sulfide) groups is 1. The van der Waals surface area contributed by atoms with Gasteiger partial charge >= 0.3 is 0 Å². The highest BCUT2D eigenvalue weighted by atomic mass is 32.2. The van der Waals surface area contributed by atoms with E-state index in [1.54, 1.807) is 0 Å². The first-order chi connectivity index (χ1) is 5.98. The van der Waals surface area contributed by atoms with Crippen LogP contribution >= 0.6 is 11.8 Å². The lowest BCUT2D eigenvalue weighted by atomic mass is 10.00. The van der Waals surface area contributed by atoms with Gasteiger partial charge in [0.05, 0.1) is 0 Å². The molecule has 0 rings (SSSR count). The molecule has 0 N–H and O–H groups in total. The highest BCUT2D eigenvalue weighted by molar-refractivity contribution is 8.15. The van der Waals surface area contributed by atoms with Crippen molar-refractivity contribution >= 4 is 16.9 Å². The molecule has 13 heavy (non-hydrogen) atoms. The second-order valence-electron chi connectivity index (χ2n) is 4.32. The predicted molar refractivity (Wildman–Crippen MR) is 60.5 cm³/mol. The molecule has 77 valence electrons. The van der Waals surface area contributed by atoms with E-state index >= 15 is 0 Å². The maximum atomic E-state index is 11.4. The van der Waals surface area contributed by atoms with Gasteiger partial charge in [0.1, 0.15) is 0 Å². The van der Waals surface area contributed by atoms with Crippen molar-refractivity contribution in [1.82, 2.24) is 0 Å². The summed E-state index contributed by atoms with van der Waals surface area (Å²) in [5.74, 6) is 2.04. The molecule has 0 aromatic heterocycles. The summed E-state index contributed by atoms with van der Waals surface area (Å²) in [6, 6.07) is 0. The number of carbonyl (C=O) groups excluding carboxylic acids is 1. The molecule has 0 unspecified atom stereocenters. The molecule has 1 nitrogen and oxygen atoms in total. The van der Waals surface area contributed by atoms with Gasteiger partial charge in [-0.25, -0.2) is 0 Å². The summed E-state index contributed by atoms with van der Waals surface area (Å²) in [6.45, 7) is 8.07. The molecule has 0 aliphatic heterocycles. The van der Waals surface area contributed by atoms with E-state index in [2.05, 4.69) is 6.92 Å². The van der Waals surface area contributed by atoms with Gasteiger partial charge in [0.25, 0.3) is 0 Å². The maximum absolute atomic E-state index is 11.4. The fraction of sp³-hybridized carbons (Fsp3) is 0.818. The van der Waals surface area contributed by atoms with Crippen LogP contribution in [0.1, 0.15) is 53.4 Å². The Balaban J connectivity index is 3.38. The Hall–Kier alpha value is 0.0200. The van der Waals surface area contributed by atoms with Gasteiger partial charge in [0.2, 0.25) is 0 Å². The van der Waals surface area contributed by atoms with E-state index in [9.17, 15) is 4.79 Å². The fourth-order valence-electron chi connectivity index (χ4n) is 0.789. The summed E-state index contributed by atoms with van der Waals surface area (Å²) in [5.41, 5.74) is -0.202. The summed E-state index contributed by atoms with van der Waals surface area (Å²) in [4.78, 5) is 11.4. The largest absolute Gasteiger partial charge is 0.287 e. The summed E-state index contributed by atoms with van der Waals surface area (Å²) in [6.07, 6.45) is 4.77. The molecule has 0 aliphatic carbocycles. The molecule has 0 heterocycles. The average molecular weight is 201 g/mol. The fourth-order valence-corrected chi connectivity index (χ4v) is 1.58. The second-order valence-corrected chi connectivity index (χ2v) is 5.26. The molecular formula is C11H21OS. The van der Waals surface area contributed by atoms with E-state index in [1.807, 2.05) is 26.5 Å². The van der Waals surface area contributed by atoms with Crippen molar-refractivity contribution in [3.63, 3.8) is 0 Å². The smallest absolute Gasteiger partial charge is 0.194 e. The molecule has 2 heteroatoms. The number of unbranched alkanes of at least 4 members (excludes halogenated alkanes) is 3. The summed E-state index contributed by atoms with van der Waals surface area (Å²) in [5, 5.41) is 0.268. The van der Waals surface area contributed by atoms with E-state index in [0.717, 1.165) is 6.42 Å². The van der Waals surface area contributed by atoms with Gasteiger partial charge in [-0.3, -0.25) is 4.79 Å². The van der Waals surface area contributed by atoms with Crippen LogP contribution in [0.2, 0.25) is 0 Å². The summed E-state index contributed by atoms with van der Waals surface area (Å²) >= 11 is 1.37. The van der Waals surface area contributed by atoms with Crippen molar-refractivity contribution < 1.29 is 4.79 Å². The zero-order valence-electron chi connectivity index (χ0n) is 9.22. The van der Waals surface area contributed by atoms with Gasteiger partial charge in [-0.05, 0) is 6.42 Å². The Labute approximate surface area is 86.7 Å². The van der Waals surface area contributed by atoms with Gasteiger partial charge in [-0.2, -0.15) is 0 Å². The molecular weight excluding hydrogens is 180 g/mol. The SMILES string of the molecule is CCCCC[CH]SC(=O)C(C)(C)C. The van der Waals surface area contributed by atoms with E-state index < -0.39 is 0 Å². The third-order valence-electron chi connectivity index (χ3n) is 1.73. The topological polar surface area (TPSA) is 17.1 Å². The lowest BCUT2D eigenvalue weighted by Crippen LogP contribution is -2.15. The minimum absolute atomic E-state index is 0.202. The molecule has 0 bridgehead atoms. The second kappa shape index (κ2) is 6.47. The number of hydrogen-bond acceptors (Lipinski definition) is 2. The molecule has 1 radical (unpaired) electrons. The first kappa shape index (κ1) is 13.0. The monoisotopic (exact) mass is 201 g/mol. The van der Waals surface area contributed by atoms with Gasteiger partial charge < -0.3 is 0 Å². The highest BCUT2D eigenvalue weighted by Crippen LogP contribution is 2.25. The average Bonchev–Trinajstić information content (AvgIpc) is 2.02. The Morgan fingerprint density at radius 3 is 2.38 bits per heavy atom. The standard InChI is InChI=1S/C11H21OS/c1-5-6-7-8-9-13-10(12)11(2,3)4/h9H,5-8H2,1-4H3. The molecule has 0 aliphatic rings. The molecule has 0 atom stereocenters. The van der Waals surface area contributed by atoms with Crippen molar-refractivity contribution in [2.24, 2.45) is 5.41 Å². The normalized spacial score (nSPS) is 11.7. The van der Waals surface area contributed by atoms with Crippen LogP contribution in [0.4, 0.5) is 0 Å². The first-order valence-electron chi connectivity index (χ1n) is 5.01. The van der Waals surface area contributed by atoms with Crippen molar-refractivity contribution in [3.05, 3.63) is 5.75 Å². The van der Waals surface area contributed by atoms with E-state index in [4.69, 9.17) is 0 Å². The van der Waals surface area contributed by atoms with E-state index in [0.29, 0.717) is 0 Å². The van der Waals surface area contributed by atoms with Crippen LogP contribution in [0, 0.1) is 11.2 Å². The Morgan fingerprint density at radius 1 is 1.31 bits per heavy atom. The minimum Gasteiger partial charge on any atom is -0.287 e. The highest BCUT2D eigenvalue weighted by Gasteiger charge is 2.20. The molecule has 0 aromatic carbocycles. The third-order valence-corrected chi connectivity index (χ3v) is 2.96. The van der Waals surface area contributed by atoms with Crippen LogP contribution in [0.3, 0.4) is 0 Å². The molecule has 0 fully saturated rings. The Morgan fingerprint density at radius 2 is 1.92 bits per heavy atom. The lowest BCUT2D eigenvalue weighted by Gasteiger charge is -2.14. The Kier molecular flexibility index (Phi) is 6.48. The number of hydrogen-bond donors (Lipinski definition) is 0. The molecule has 0 saturated carbocycles. The summed E-state index contributed by atoms with van der Waals surface area (Å²) in [7, 11) is 0. The van der Waals surface area contributed by atoms with Gasteiger partial charge in [0.15, 0.2) is 5.12 Å². The zero-order chi connectivity index (χ0) is 10.3. The van der Waals surface area contributed by atoms with Crippen LogP contribution in [-0.4, -0.2) is 5.12 Å². The number of rotatable bonds is 5. The Bertz CT molecular complexity index is 147. The van der Waals surface area contributed by atoms with Crippen molar-refractivity contribution in [2.45, 2.75) is 53.4 Å². The van der Waals surface area contributed by atoms with Crippen molar-refractivity contribution in [3.8, 4) is 0 Å². The van der Waals surface area contributed by atoms with Crippen molar-refractivity contribution in [2.75, 3.05) is 0 Å². The van der Waals surface area contributed by atoms with Crippen molar-refractivity contribution in [1.29, 1.82) is 0 Å². The molecule has 0 amide bonds. The van der Waals surface area contributed by atoms with E-state index in [1.165, 1.54) is 31.0 Å². The molecule has 0 spiro atoms. The van der Waals surface area contributed by atoms with Crippen LogP contribution in [0.25, 0.3) is 0 Å². The van der Waals surface area contributed by atoms with Gasteiger partial charge in [-0.15, -0.1) is 0 Å². The predicted octanol–water partition coefficient (Wildman–Crippen LogP) is 4.03. The number of carbonyl (C=O) groups is 1. The third kappa shape index (κ3) is 7.12. The minimum atomic E-state index is -0.202. The quantitative estimate of drug-likeness (QED) is 0.625. The van der Waals surface area contributed by atoms with E-state index in [-0.39, 0.29) is 10.5 Å². The van der Waals surface area contributed by atoms with Crippen LogP contribution in [0.15, 0.2) is 0 Å². The summed E-state index contributed by atoms with van der Waals surface area (Å²) < 4.78 is 0. The maximum Gasteiger partial charge on any atom is 0.194 e. The van der Waals surface area contributed by atoms with Gasteiger partial charge in [0, 0.05) is 11.2 Å². The van der Waals surface area contributed by atoms with Crippen LogP contribution in [-0.2, 0) is 4.79 Å². The first-order valence-corrected chi connectivity index (χ1v) is 5.89.